The van der Waals surface area contributed by atoms with E-state index in [0.29, 0.717) is 43.4 Å². The summed E-state index contributed by atoms with van der Waals surface area (Å²) >= 11 is 6.04. The first-order valence-corrected chi connectivity index (χ1v) is 10.6. The molecule has 7 nitrogen and oxygen atoms in total. The average Bonchev–Trinajstić information content (AvgIpc) is 2.62. The van der Waals surface area contributed by atoms with Crippen LogP contribution in [0.25, 0.3) is 0 Å². The predicted molar refractivity (Wildman–Crippen MR) is 105 cm³/mol. The Kier molecular flexibility index (Phi) is 7.85. The number of halogens is 1. The average molecular weight is 403 g/mol. The Hall–Kier alpha value is -1.19. The molecule has 0 spiro atoms. The third-order valence-electron chi connectivity index (χ3n) is 4.39. The van der Waals surface area contributed by atoms with E-state index in [-0.39, 0.29) is 12.5 Å². The summed E-state index contributed by atoms with van der Waals surface area (Å²) in [7, 11) is -1.80. The van der Waals surface area contributed by atoms with Crippen LogP contribution in [0.15, 0.2) is 24.3 Å². The van der Waals surface area contributed by atoms with Crippen molar-refractivity contribution in [3.8, 4) is 0 Å². The number of carbonyl (C=O) groups is 1. The fourth-order valence-corrected chi connectivity index (χ4v) is 4.33. The summed E-state index contributed by atoms with van der Waals surface area (Å²) in [5.41, 5.74) is 0.581. The van der Waals surface area contributed by atoms with E-state index in [4.69, 9.17) is 11.6 Å². The van der Waals surface area contributed by atoms with E-state index in [1.807, 2.05) is 11.8 Å². The van der Waals surface area contributed by atoms with E-state index >= 15 is 0 Å². The number of carbonyl (C=O) groups excluding carboxylic acids is 1. The molecule has 1 aromatic rings. The van der Waals surface area contributed by atoms with E-state index in [9.17, 15) is 13.2 Å². The van der Waals surface area contributed by atoms with Crippen molar-refractivity contribution in [1.82, 2.24) is 13.5 Å². The SMILES string of the molecule is CCCCN(C)S(=O)(=O)N1CCN(CC(=O)Nc2ccccc2Cl)CC1. The topological polar surface area (TPSA) is 73.0 Å². The number of piperazine rings is 1. The maximum Gasteiger partial charge on any atom is 0.281 e. The third kappa shape index (κ3) is 5.65. The summed E-state index contributed by atoms with van der Waals surface area (Å²) in [6.45, 7) is 4.60. The highest BCUT2D eigenvalue weighted by molar-refractivity contribution is 7.86. The highest BCUT2D eigenvalue weighted by atomic mass is 35.5. The molecule has 0 radical (unpaired) electrons. The maximum atomic E-state index is 12.5. The minimum Gasteiger partial charge on any atom is -0.324 e. The van der Waals surface area contributed by atoms with Crippen LogP contribution in [0.3, 0.4) is 0 Å². The van der Waals surface area contributed by atoms with Gasteiger partial charge in [0.1, 0.15) is 0 Å². The van der Waals surface area contributed by atoms with Crippen LogP contribution in [0.5, 0.6) is 0 Å². The van der Waals surface area contributed by atoms with Crippen molar-refractivity contribution in [1.29, 1.82) is 0 Å². The lowest BCUT2D eigenvalue weighted by Crippen LogP contribution is -2.53. The van der Waals surface area contributed by atoms with E-state index < -0.39 is 10.2 Å². The molecule has 1 amide bonds. The fraction of sp³-hybridized carbons (Fsp3) is 0.588. The molecule has 2 rings (SSSR count). The fourth-order valence-electron chi connectivity index (χ4n) is 2.77. The van der Waals surface area contributed by atoms with Gasteiger partial charge in [-0.05, 0) is 18.6 Å². The minimum atomic E-state index is -3.42. The molecule has 1 heterocycles. The Morgan fingerprint density at radius 3 is 2.50 bits per heavy atom. The smallest absolute Gasteiger partial charge is 0.281 e. The van der Waals surface area contributed by atoms with Crippen LogP contribution < -0.4 is 5.32 Å². The number of unbranched alkanes of at least 4 members (excludes halogenated alkanes) is 1. The summed E-state index contributed by atoms with van der Waals surface area (Å²) in [6, 6.07) is 7.07. The molecule has 0 bridgehead atoms. The van der Waals surface area contributed by atoms with Gasteiger partial charge < -0.3 is 5.32 Å². The van der Waals surface area contributed by atoms with Gasteiger partial charge in [-0.2, -0.15) is 17.0 Å². The Morgan fingerprint density at radius 2 is 1.88 bits per heavy atom. The Balaban J connectivity index is 1.82. The van der Waals surface area contributed by atoms with Crippen LogP contribution in [0.1, 0.15) is 19.8 Å². The molecule has 0 aromatic heterocycles. The van der Waals surface area contributed by atoms with Gasteiger partial charge in [0.2, 0.25) is 5.91 Å². The first kappa shape index (κ1) is 21.1. The zero-order valence-corrected chi connectivity index (χ0v) is 16.9. The number of nitrogens with zero attached hydrogens (tertiary/aromatic N) is 3. The number of nitrogens with one attached hydrogen (secondary N) is 1. The van der Waals surface area contributed by atoms with E-state index in [0.717, 1.165) is 12.8 Å². The molecule has 1 aliphatic heterocycles. The zero-order valence-electron chi connectivity index (χ0n) is 15.3. The molecule has 0 atom stereocenters. The summed E-state index contributed by atoms with van der Waals surface area (Å²) < 4.78 is 28.0. The van der Waals surface area contributed by atoms with Crippen molar-refractivity contribution in [2.75, 3.05) is 51.6 Å². The standard InChI is InChI=1S/C17H27ClN4O3S/c1-3-4-9-20(2)26(24,25)22-12-10-21(11-13-22)14-17(23)19-16-8-6-5-7-15(16)18/h5-8H,3-4,9-14H2,1-2H3,(H,19,23). The molecular weight excluding hydrogens is 376 g/mol. The molecule has 1 aromatic carbocycles. The summed E-state index contributed by atoms with van der Waals surface area (Å²) in [4.78, 5) is 14.1. The van der Waals surface area contributed by atoms with E-state index in [2.05, 4.69) is 5.32 Å². The minimum absolute atomic E-state index is 0.158. The van der Waals surface area contributed by atoms with Crippen LogP contribution in [0.2, 0.25) is 5.02 Å². The van der Waals surface area contributed by atoms with Crippen LogP contribution >= 0.6 is 11.6 Å². The third-order valence-corrected chi connectivity index (χ3v) is 6.71. The number of hydrogen-bond donors (Lipinski definition) is 1. The molecule has 9 heteroatoms. The molecular formula is C17H27ClN4O3S. The lowest BCUT2D eigenvalue weighted by Gasteiger charge is -2.35. The van der Waals surface area contributed by atoms with Gasteiger partial charge in [0.15, 0.2) is 0 Å². The first-order chi connectivity index (χ1) is 12.3. The molecule has 0 saturated carbocycles. The Labute approximate surface area is 161 Å². The highest BCUT2D eigenvalue weighted by Gasteiger charge is 2.30. The molecule has 1 N–H and O–H groups in total. The molecule has 0 aliphatic carbocycles. The second-order valence-electron chi connectivity index (χ2n) is 6.39. The molecule has 146 valence electrons. The Morgan fingerprint density at radius 1 is 1.23 bits per heavy atom. The number of benzene rings is 1. The van der Waals surface area contributed by atoms with Crippen LogP contribution in [0.4, 0.5) is 5.69 Å². The lowest BCUT2D eigenvalue weighted by atomic mass is 10.3. The van der Waals surface area contributed by atoms with Crippen molar-refractivity contribution >= 4 is 33.4 Å². The van der Waals surface area contributed by atoms with Gasteiger partial charge >= 0.3 is 0 Å². The van der Waals surface area contributed by atoms with E-state index in [1.54, 1.807) is 31.3 Å². The molecule has 1 aliphatic rings. The Bertz CT molecular complexity index is 706. The zero-order chi connectivity index (χ0) is 19.2. The number of amides is 1. The van der Waals surface area contributed by atoms with Gasteiger partial charge in [-0.3, -0.25) is 9.69 Å². The van der Waals surface area contributed by atoms with Crippen molar-refractivity contribution < 1.29 is 13.2 Å². The van der Waals surface area contributed by atoms with Crippen molar-refractivity contribution in [3.63, 3.8) is 0 Å². The van der Waals surface area contributed by atoms with Crippen molar-refractivity contribution in [3.05, 3.63) is 29.3 Å². The lowest BCUT2D eigenvalue weighted by molar-refractivity contribution is -0.117. The van der Waals surface area contributed by atoms with Crippen LogP contribution in [-0.2, 0) is 15.0 Å². The van der Waals surface area contributed by atoms with Gasteiger partial charge in [-0.25, -0.2) is 0 Å². The molecule has 0 unspecified atom stereocenters. The van der Waals surface area contributed by atoms with Crippen LogP contribution in [0, 0.1) is 0 Å². The molecule has 1 saturated heterocycles. The predicted octanol–water partition coefficient (Wildman–Crippen LogP) is 1.87. The van der Waals surface area contributed by atoms with Gasteiger partial charge in [-0.15, -0.1) is 0 Å². The normalized spacial score (nSPS) is 16.8. The van der Waals surface area contributed by atoms with Crippen LogP contribution in [-0.4, -0.2) is 74.2 Å². The molecule has 1 fully saturated rings. The summed E-state index contributed by atoms with van der Waals surface area (Å²) in [5.74, 6) is -0.158. The van der Waals surface area contributed by atoms with Gasteiger partial charge in [-0.1, -0.05) is 37.1 Å². The van der Waals surface area contributed by atoms with Crippen molar-refractivity contribution in [2.45, 2.75) is 19.8 Å². The van der Waals surface area contributed by atoms with Gasteiger partial charge in [0, 0.05) is 39.8 Å². The monoisotopic (exact) mass is 402 g/mol. The summed E-state index contributed by atoms with van der Waals surface area (Å²) in [5, 5.41) is 3.28. The quantitative estimate of drug-likeness (QED) is 0.720. The second kappa shape index (κ2) is 9.66. The molecule has 26 heavy (non-hydrogen) atoms. The highest BCUT2D eigenvalue weighted by Crippen LogP contribution is 2.20. The first-order valence-electron chi connectivity index (χ1n) is 8.82. The maximum absolute atomic E-state index is 12.5. The van der Waals surface area contributed by atoms with Gasteiger partial charge in [0.05, 0.1) is 17.3 Å². The largest absolute Gasteiger partial charge is 0.324 e. The number of para-hydroxylation sites is 1. The summed E-state index contributed by atoms with van der Waals surface area (Å²) in [6.07, 6.45) is 1.80. The number of anilines is 1. The van der Waals surface area contributed by atoms with Crippen molar-refractivity contribution in [2.24, 2.45) is 0 Å². The number of hydrogen-bond acceptors (Lipinski definition) is 4. The number of rotatable bonds is 8. The van der Waals surface area contributed by atoms with Gasteiger partial charge in [0.25, 0.3) is 10.2 Å². The second-order valence-corrected chi connectivity index (χ2v) is 8.83. The van der Waals surface area contributed by atoms with E-state index in [1.165, 1.54) is 8.61 Å².